The molecule has 16 heavy (non-hydrogen) atoms. The lowest BCUT2D eigenvalue weighted by molar-refractivity contribution is -0.118. The van der Waals surface area contributed by atoms with Crippen molar-refractivity contribution >= 4 is 17.7 Å². The van der Waals surface area contributed by atoms with Crippen molar-refractivity contribution < 1.29 is 9.90 Å². The van der Waals surface area contributed by atoms with Crippen LogP contribution in [0.25, 0.3) is 0 Å². The van der Waals surface area contributed by atoms with Crippen molar-refractivity contribution in [2.24, 2.45) is 0 Å². The molecule has 0 aliphatic carbocycles. The lowest BCUT2D eigenvalue weighted by atomic mass is 10.2. The first kappa shape index (κ1) is 13.1. The van der Waals surface area contributed by atoms with Gasteiger partial charge in [0.25, 0.3) is 0 Å². The van der Waals surface area contributed by atoms with Crippen LogP contribution in [0.4, 0.5) is 0 Å². The molecule has 0 saturated heterocycles. The number of benzene rings is 1. The second-order valence-electron chi connectivity index (χ2n) is 3.63. The maximum atomic E-state index is 11.3. The third-order valence-electron chi connectivity index (χ3n) is 1.94. The van der Waals surface area contributed by atoms with Crippen molar-refractivity contribution in [3.8, 4) is 0 Å². The summed E-state index contributed by atoms with van der Waals surface area (Å²) in [6.45, 7) is 1.97. The SMILES string of the molecule is C[C@@H](O)CNC(=O)CSCc1ccccc1. The van der Waals surface area contributed by atoms with Gasteiger partial charge in [-0.15, -0.1) is 11.8 Å². The van der Waals surface area contributed by atoms with Crippen molar-refractivity contribution in [2.45, 2.75) is 18.8 Å². The van der Waals surface area contributed by atoms with Gasteiger partial charge in [0.15, 0.2) is 0 Å². The molecule has 2 N–H and O–H groups in total. The summed E-state index contributed by atoms with van der Waals surface area (Å²) in [7, 11) is 0. The first-order valence-corrected chi connectivity index (χ1v) is 6.40. The zero-order valence-corrected chi connectivity index (χ0v) is 10.2. The van der Waals surface area contributed by atoms with Crippen LogP contribution < -0.4 is 5.32 Å². The van der Waals surface area contributed by atoms with E-state index in [1.807, 2.05) is 30.3 Å². The predicted molar refractivity (Wildman–Crippen MR) is 67.3 cm³/mol. The van der Waals surface area contributed by atoms with E-state index in [0.29, 0.717) is 12.3 Å². The molecule has 0 bridgehead atoms. The lowest BCUT2D eigenvalue weighted by Crippen LogP contribution is -2.31. The molecule has 0 radical (unpaired) electrons. The van der Waals surface area contributed by atoms with E-state index >= 15 is 0 Å². The Morgan fingerprint density at radius 2 is 2.12 bits per heavy atom. The molecule has 0 aromatic heterocycles. The minimum Gasteiger partial charge on any atom is -0.392 e. The molecule has 0 unspecified atom stereocenters. The number of carbonyl (C=O) groups is 1. The quantitative estimate of drug-likeness (QED) is 0.789. The van der Waals surface area contributed by atoms with Gasteiger partial charge < -0.3 is 10.4 Å². The number of hydrogen-bond acceptors (Lipinski definition) is 3. The topological polar surface area (TPSA) is 49.3 Å². The molecule has 88 valence electrons. The van der Waals surface area contributed by atoms with Crippen molar-refractivity contribution in [1.82, 2.24) is 5.32 Å². The molecule has 0 aliphatic rings. The average molecular weight is 239 g/mol. The van der Waals surface area contributed by atoms with Crippen molar-refractivity contribution in [2.75, 3.05) is 12.3 Å². The summed E-state index contributed by atoms with van der Waals surface area (Å²) < 4.78 is 0. The summed E-state index contributed by atoms with van der Waals surface area (Å²) in [4.78, 5) is 11.3. The normalized spacial score (nSPS) is 12.1. The zero-order chi connectivity index (χ0) is 11.8. The molecule has 1 rings (SSSR count). The Bertz CT molecular complexity index is 314. The summed E-state index contributed by atoms with van der Waals surface area (Å²) >= 11 is 1.57. The Kier molecular flexibility index (Phi) is 5.96. The molecule has 1 aromatic carbocycles. The number of amides is 1. The highest BCUT2D eigenvalue weighted by atomic mass is 32.2. The largest absolute Gasteiger partial charge is 0.392 e. The molecular weight excluding hydrogens is 222 g/mol. The van der Waals surface area contributed by atoms with Gasteiger partial charge in [0.2, 0.25) is 5.91 Å². The first-order valence-electron chi connectivity index (χ1n) is 5.25. The summed E-state index contributed by atoms with van der Waals surface area (Å²) in [5, 5.41) is 11.6. The molecule has 0 spiro atoms. The average Bonchev–Trinajstić information content (AvgIpc) is 2.28. The van der Waals surface area contributed by atoms with E-state index in [0.717, 1.165) is 5.75 Å². The van der Waals surface area contributed by atoms with Crippen LogP contribution in [0, 0.1) is 0 Å². The molecule has 0 fully saturated rings. The Morgan fingerprint density at radius 1 is 1.44 bits per heavy atom. The highest BCUT2D eigenvalue weighted by molar-refractivity contribution is 7.99. The van der Waals surface area contributed by atoms with Gasteiger partial charge in [-0.1, -0.05) is 30.3 Å². The molecule has 0 heterocycles. The third kappa shape index (κ3) is 5.78. The smallest absolute Gasteiger partial charge is 0.230 e. The van der Waals surface area contributed by atoms with E-state index in [1.165, 1.54) is 5.56 Å². The maximum Gasteiger partial charge on any atom is 0.230 e. The summed E-state index contributed by atoms with van der Waals surface area (Å²) in [5.74, 6) is 1.24. The fraction of sp³-hybridized carbons (Fsp3) is 0.417. The second-order valence-corrected chi connectivity index (χ2v) is 4.62. The predicted octanol–water partition coefficient (Wildman–Crippen LogP) is 1.42. The minimum absolute atomic E-state index is 0.0261. The van der Waals surface area contributed by atoms with E-state index in [9.17, 15) is 4.79 Å². The Labute approximate surface area is 100 Å². The minimum atomic E-state index is -0.483. The molecule has 0 aliphatic heterocycles. The molecule has 0 saturated carbocycles. The van der Waals surface area contributed by atoms with Crippen molar-refractivity contribution in [3.63, 3.8) is 0 Å². The van der Waals surface area contributed by atoms with Crippen LogP contribution in [0.2, 0.25) is 0 Å². The molecular formula is C12H17NO2S. The number of aliphatic hydroxyl groups excluding tert-OH is 1. The monoisotopic (exact) mass is 239 g/mol. The second kappa shape index (κ2) is 7.30. The lowest BCUT2D eigenvalue weighted by Gasteiger charge is -2.06. The van der Waals surface area contributed by atoms with Crippen LogP contribution >= 0.6 is 11.8 Å². The number of hydrogen-bond donors (Lipinski definition) is 2. The number of carbonyl (C=O) groups excluding carboxylic acids is 1. The van der Waals surface area contributed by atoms with Gasteiger partial charge in [0.05, 0.1) is 11.9 Å². The van der Waals surface area contributed by atoms with Gasteiger partial charge in [-0.2, -0.15) is 0 Å². The van der Waals surface area contributed by atoms with Gasteiger partial charge in [-0.25, -0.2) is 0 Å². The zero-order valence-electron chi connectivity index (χ0n) is 9.35. The van der Waals surface area contributed by atoms with Crippen LogP contribution in [0.3, 0.4) is 0 Å². The summed E-state index contributed by atoms with van der Waals surface area (Å²) in [6.07, 6.45) is -0.483. The summed E-state index contributed by atoms with van der Waals surface area (Å²) in [6, 6.07) is 10.0. The van der Waals surface area contributed by atoms with Gasteiger partial charge in [0, 0.05) is 12.3 Å². The number of rotatable bonds is 6. The van der Waals surface area contributed by atoms with Crippen LogP contribution in [0.5, 0.6) is 0 Å². The van der Waals surface area contributed by atoms with Gasteiger partial charge in [-0.3, -0.25) is 4.79 Å². The van der Waals surface area contributed by atoms with Gasteiger partial charge in [0.1, 0.15) is 0 Å². The van der Waals surface area contributed by atoms with E-state index in [4.69, 9.17) is 5.11 Å². The molecule has 4 heteroatoms. The van der Waals surface area contributed by atoms with E-state index in [2.05, 4.69) is 5.32 Å². The molecule has 1 atom stereocenters. The van der Waals surface area contributed by atoms with Crippen LogP contribution in [-0.4, -0.2) is 29.4 Å². The number of thioether (sulfide) groups is 1. The number of nitrogens with one attached hydrogen (secondary N) is 1. The highest BCUT2D eigenvalue weighted by Gasteiger charge is 2.02. The maximum absolute atomic E-state index is 11.3. The first-order chi connectivity index (χ1) is 7.68. The molecule has 3 nitrogen and oxygen atoms in total. The van der Waals surface area contributed by atoms with Crippen LogP contribution in [-0.2, 0) is 10.5 Å². The van der Waals surface area contributed by atoms with Gasteiger partial charge >= 0.3 is 0 Å². The van der Waals surface area contributed by atoms with Gasteiger partial charge in [-0.05, 0) is 12.5 Å². The van der Waals surface area contributed by atoms with E-state index in [1.54, 1.807) is 18.7 Å². The Hall–Kier alpha value is -1.00. The third-order valence-corrected chi connectivity index (χ3v) is 2.94. The molecule has 1 amide bonds. The number of aliphatic hydroxyl groups is 1. The van der Waals surface area contributed by atoms with E-state index in [-0.39, 0.29) is 5.91 Å². The summed E-state index contributed by atoms with van der Waals surface area (Å²) in [5.41, 5.74) is 1.22. The van der Waals surface area contributed by atoms with Crippen LogP contribution in [0.1, 0.15) is 12.5 Å². The fourth-order valence-corrected chi connectivity index (χ4v) is 1.97. The van der Waals surface area contributed by atoms with Crippen LogP contribution in [0.15, 0.2) is 30.3 Å². The van der Waals surface area contributed by atoms with Crippen molar-refractivity contribution in [1.29, 1.82) is 0 Å². The standard InChI is InChI=1S/C12H17NO2S/c1-10(14)7-13-12(15)9-16-8-11-5-3-2-4-6-11/h2-6,10,14H,7-9H2,1H3,(H,13,15)/t10-/m1/s1. The van der Waals surface area contributed by atoms with E-state index < -0.39 is 6.10 Å². The molecule has 1 aromatic rings. The fourth-order valence-electron chi connectivity index (χ4n) is 1.15. The highest BCUT2D eigenvalue weighted by Crippen LogP contribution is 2.10. The van der Waals surface area contributed by atoms with Crippen molar-refractivity contribution in [3.05, 3.63) is 35.9 Å². The Morgan fingerprint density at radius 3 is 2.75 bits per heavy atom. The Balaban J connectivity index is 2.13.